The van der Waals surface area contributed by atoms with Gasteiger partial charge < -0.3 is 9.32 Å². The van der Waals surface area contributed by atoms with Crippen molar-refractivity contribution in [1.82, 2.24) is 0 Å². The number of para-hydroxylation sites is 2. The standard InChI is InChI=1S/C68H49NO/c1-2-12-45(13-3-1)52-19-10-14-46-15-11-20-58(66(46)52)55-17-5-8-22-61(55)69(51-32-26-44(27-33-51)48-29-35-57-56-18-6-9-23-62(56)70-63(57)39-48)50-30-24-43(25-31-50)47-28-34-54-53-16-4-7-21-59(53)68(60(54)38-47)64-37-42-36-49-40-65(68)67(49,64)41-42/h1-35,38-39,42,49,64-65H,36-37,40-41H2. The van der Waals surface area contributed by atoms with Crippen molar-refractivity contribution in [2.45, 2.75) is 31.1 Å². The topological polar surface area (TPSA) is 16.4 Å². The lowest BCUT2D eigenvalue weighted by Crippen LogP contribution is -2.73. The van der Waals surface area contributed by atoms with E-state index in [2.05, 4.69) is 217 Å². The van der Waals surface area contributed by atoms with Gasteiger partial charge in [-0.05, 0) is 181 Å². The summed E-state index contributed by atoms with van der Waals surface area (Å²) in [6.07, 6.45) is 5.82. The van der Waals surface area contributed by atoms with E-state index >= 15 is 0 Å². The lowest BCUT2D eigenvalue weighted by molar-refractivity contribution is -0.231. The number of nitrogens with zero attached hydrogens (tertiary/aromatic N) is 1. The largest absolute Gasteiger partial charge is 0.456 e. The molecule has 0 amide bonds. The van der Waals surface area contributed by atoms with Crippen LogP contribution in [0.5, 0.6) is 0 Å². The molecule has 0 radical (unpaired) electrons. The Labute approximate surface area is 408 Å². The molecule has 16 rings (SSSR count). The fraction of sp³-hybridized carbons (Fsp3) is 0.147. The molecule has 11 aromatic rings. The third-order valence-electron chi connectivity index (χ3n) is 18.4. The predicted molar refractivity (Wildman–Crippen MR) is 289 cm³/mol. The highest BCUT2D eigenvalue weighted by Gasteiger charge is 2.84. The maximum Gasteiger partial charge on any atom is 0.136 e. The smallest absolute Gasteiger partial charge is 0.136 e. The van der Waals surface area contributed by atoms with Gasteiger partial charge in [-0.2, -0.15) is 0 Å². The number of benzene rings is 10. The molecule has 4 saturated carbocycles. The molecule has 332 valence electrons. The first-order chi connectivity index (χ1) is 34.6. The van der Waals surface area contributed by atoms with E-state index in [0.717, 1.165) is 73.8 Å². The van der Waals surface area contributed by atoms with Crippen molar-refractivity contribution in [1.29, 1.82) is 0 Å². The maximum absolute atomic E-state index is 6.34. The van der Waals surface area contributed by atoms with Gasteiger partial charge in [0.1, 0.15) is 11.2 Å². The van der Waals surface area contributed by atoms with E-state index in [0.29, 0.717) is 5.41 Å². The Morgan fingerprint density at radius 3 is 1.81 bits per heavy atom. The van der Waals surface area contributed by atoms with Gasteiger partial charge in [0.2, 0.25) is 0 Å². The van der Waals surface area contributed by atoms with Gasteiger partial charge in [-0.15, -0.1) is 0 Å². The Morgan fingerprint density at radius 1 is 0.400 bits per heavy atom. The maximum atomic E-state index is 6.34. The molecule has 0 N–H and O–H groups in total. The molecule has 1 aromatic heterocycles. The minimum absolute atomic E-state index is 0.181. The zero-order valence-electron chi connectivity index (χ0n) is 38.9. The molecular weight excluding hydrogens is 847 g/mol. The average molecular weight is 896 g/mol. The van der Waals surface area contributed by atoms with E-state index < -0.39 is 0 Å². The number of fused-ring (bicyclic) bond motifs is 12. The van der Waals surface area contributed by atoms with Crippen LogP contribution in [0.4, 0.5) is 17.1 Å². The highest BCUT2D eigenvalue weighted by molar-refractivity contribution is 6.09. The number of furan rings is 1. The van der Waals surface area contributed by atoms with Gasteiger partial charge >= 0.3 is 0 Å². The molecule has 6 atom stereocenters. The molecule has 0 saturated heterocycles. The monoisotopic (exact) mass is 895 g/mol. The zero-order chi connectivity index (χ0) is 45.7. The van der Waals surface area contributed by atoms with Gasteiger partial charge in [-0.3, -0.25) is 0 Å². The van der Waals surface area contributed by atoms with Gasteiger partial charge in [-0.1, -0.05) is 170 Å². The van der Waals surface area contributed by atoms with Crippen LogP contribution in [0.15, 0.2) is 229 Å². The number of hydrogen-bond donors (Lipinski definition) is 0. The van der Waals surface area contributed by atoms with E-state index in [1.54, 1.807) is 11.1 Å². The van der Waals surface area contributed by atoms with Crippen LogP contribution in [-0.4, -0.2) is 0 Å². The summed E-state index contributed by atoms with van der Waals surface area (Å²) in [6.45, 7) is 0. The first kappa shape index (κ1) is 39.0. The molecule has 0 aliphatic heterocycles. The summed E-state index contributed by atoms with van der Waals surface area (Å²) in [5, 5.41) is 4.77. The molecule has 10 aromatic carbocycles. The molecule has 1 heterocycles. The van der Waals surface area contributed by atoms with Crippen molar-refractivity contribution >= 4 is 49.8 Å². The highest BCUT2D eigenvalue weighted by Crippen LogP contribution is 2.89. The van der Waals surface area contributed by atoms with Crippen molar-refractivity contribution < 1.29 is 4.42 Å². The molecular formula is C68H49NO. The number of anilines is 3. The average Bonchev–Trinajstić information content (AvgIpc) is 4.20. The molecule has 2 spiro atoms. The van der Waals surface area contributed by atoms with Crippen molar-refractivity contribution in [2.75, 3.05) is 4.90 Å². The molecule has 5 aliphatic rings. The van der Waals surface area contributed by atoms with Gasteiger partial charge in [0.15, 0.2) is 0 Å². The molecule has 70 heavy (non-hydrogen) atoms. The Hall–Kier alpha value is -7.94. The number of hydrogen-bond acceptors (Lipinski definition) is 2. The number of rotatable bonds is 7. The lowest BCUT2D eigenvalue weighted by Gasteiger charge is -2.76. The van der Waals surface area contributed by atoms with Gasteiger partial charge in [-0.25, -0.2) is 0 Å². The lowest BCUT2D eigenvalue weighted by atomic mass is 9.27. The summed E-state index contributed by atoms with van der Waals surface area (Å²) in [4.78, 5) is 2.46. The second kappa shape index (κ2) is 14.3. The summed E-state index contributed by atoms with van der Waals surface area (Å²) in [7, 11) is 0. The molecule has 4 fully saturated rings. The normalized spacial score (nSPS) is 23.0. The van der Waals surface area contributed by atoms with Crippen LogP contribution in [0.1, 0.15) is 36.8 Å². The fourth-order valence-corrected chi connectivity index (χ4v) is 15.8. The predicted octanol–water partition coefficient (Wildman–Crippen LogP) is 18.2. The van der Waals surface area contributed by atoms with Crippen LogP contribution in [-0.2, 0) is 5.41 Å². The molecule has 2 bridgehead atoms. The van der Waals surface area contributed by atoms with Gasteiger partial charge in [0, 0.05) is 33.1 Å². The second-order valence-electron chi connectivity index (χ2n) is 21.2. The summed E-state index contributed by atoms with van der Waals surface area (Å²) in [5.41, 5.74) is 21.9. The Balaban J connectivity index is 0.824. The van der Waals surface area contributed by atoms with Crippen LogP contribution in [0.25, 0.3) is 88.3 Å². The molecule has 2 heteroatoms. The van der Waals surface area contributed by atoms with Crippen molar-refractivity contribution in [3.8, 4) is 55.6 Å². The molecule has 2 nitrogen and oxygen atoms in total. The van der Waals surface area contributed by atoms with E-state index in [1.165, 1.54) is 81.0 Å². The minimum Gasteiger partial charge on any atom is -0.456 e. The SMILES string of the molecule is c1ccc(-c2cccc3cccc(-c4ccccc4N(c4ccc(-c5ccc6c(c5)C5(c7ccccc7-6)C6CC7CC8CC5C86C7)cc4)c4ccc(-c5ccc6c(c5)oc5ccccc56)cc4)c23)cc1. The summed E-state index contributed by atoms with van der Waals surface area (Å²) in [6, 6.07) is 83.6. The van der Waals surface area contributed by atoms with Crippen molar-refractivity contribution in [2.24, 2.45) is 29.1 Å². The van der Waals surface area contributed by atoms with Crippen molar-refractivity contribution in [3.63, 3.8) is 0 Å². The minimum atomic E-state index is 0.181. The third kappa shape index (κ3) is 5.13. The van der Waals surface area contributed by atoms with Gasteiger partial charge in [0.25, 0.3) is 0 Å². The third-order valence-corrected chi connectivity index (χ3v) is 18.4. The molecule has 5 aliphatic carbocycles. The van der Waals surface area contributed by atoms with Crippen LogP contribution in [0.2, 0.25) is 0 Å². The van der Waals surface area contributed by atoms with Crippen LogP contribution in [0.3, 0.4) is 0 Å². The highest BCUT2D eigenvalue weighted by atomic mass is 16.3. The first-order valence-corrected chi connectivity index (χ1v) is 25.5. The molecule has 6 unspecified atom stereocenters. The van der Waals surface area contributed by atoms with E-state index in [4.69, 9.17) is 4.42 Å². The quantitative estimate of drug-likeness (QED) is 0.158. The van der Waals surface area contributed by atoms with E-state index in [1.807, 2.05) is 12.1 Å². The van der Waals surface area contributed by atoms with Crippen LogP contribution >= 0.6 is 0 Å². The fourth-order valence-electron chi connectivity index (χ4n) is 15.8. The first-order valence-electron chi connectivity index (χ1n) is 25.5. The zero-order valence-corrected chi connectivity index (χ0v) is 38.9. The van der Waals surface area contributed by atoms with Crippen molar-refractivity contribution in [3.05, 3.63) is 236 Å². The summed E-state index contributed by atoms with van der Waals surface area (Å²) >= 11 is 0. The van der Waals surface area contributed by atoms with E-state index in [-0.39, 0.29) is 5.41 Å². The Bertz CT molecular complexity index is 3930. The Morgan fingerprint density at radius 2 is 1.01 bits per heavy atom. The van der Waals surface area contributed by atoms with Crippen LogP contribution in [0, 0.1) is 29.1 Å². The summed E-state index contributed by atoms with van der Waals surface area (Å²) in [5.74, 6) is 3.50. The van der Waals surface area contributed by atoms with Gasteiger partial charge in [0.05, 0.1) is 5.69 Å². The Kier molecular flexibility index (Phi) is 7.97. The van der Waals surface area contributed by atoms with Crippen LogP contribution < -0.4 is 4.90 Å². The summed E-state index contributed by atoms with van der Waals surface area (Å²) < 4.78 is 6.34. The second-order valence-corrected chi connectivity index (χ2v) is 21.2. The van der Waals surface area contributed by atoms with E-state index in [9.17, 15) is 0 Å².